The van der Waals surface area contributed by atoms with Gasteiger partial charge in [0.15, 0.2) is 5.78 Å². The Labute approximate surface area is 170 Å². The summed E-state index contributed by atoms with van der Waals surface area (Å²) in [6, 6.07) is 15.8. The van der Waals surface area contributed by atoms with Crippen LogP contribution in [0.4, 0.5) is 4.39 Å². The Kier molecular flexibility index (Phi) is 4.68. The van der Waals surface area contributed by atoms with E-state index in [1.807, 2.05) is 0 Å². The van der Waals surface area contributed by atoms with Gasteiger partial charge >= 0.3 is 5.97 Å². The van der Waals surface area contributed by atoms with E-state index in [4.69, 9.17) is 16.7 Å². The molecular weight excluding hydrogens is 393 g/mol. The molecule has 0 aliphatic rings. The molecule has 3 aromatic carbocycles. The third-order valence-corrected chi connectivity index (χ3v) is 5.18. The summed E-state index contributed by atoms with van der Waals surface area (Å²) in [4.78, 5) is 24.4. The number of carboxylic acids is 1. The van der Waals surface area contributed by atoms with Crippen LogP contribution in [0.2, 0.25) is 5.02 Å². The number of ketones is 1. The van der Waals surface area contributed by atoms with Crippen molar-refractivity contribution in [2.45, 2.75) is 6.92 Å². The van der Waals surface area contributed by atoms with E-state index in [1.165, 1.54) is 18.2 Å². The van der Waals surface area contributed by atoms with Gasteiger partial charge in [0.1, 0.15) is 5.82 Å². The molecule has 0 amide bonds. The van der Waals surface area contributed by atoms with Crippen molar-refractivity contribution in [1.82, 2.24) is 4.57 Å². The van der Waals surface area contributed by atoms with Gasteiger partial charge < -0.3 is 9.67 Å². The molecule has 29 heavy (non-hydrogen) atoms. The maximum absolute atomic E-state index is 14.7. The van der Waals surface area contributed by atoms with E-state index in [9.17, 15) is 14.0 Å². The maximum Gasteiger partial charge on any atom is 0.335 e. The zero-order valence-corrected chi connectivity index (χ0v) is 16.1. The number of benzene rings is 3. The van der Waals surface area contributed by atoms with Crippen molar-refractivity contribution in [3.05, 3.63) is 100.0 Å². The Balaban J connectivity index is 1.94. The standard InChI is InChI=1S/C23H15ClFNO3/c1-13-4-2-6-18(24)20(13)22(27)17-12-26(21-16(17)5-3-7-19(21)25)15-10-8-14(9-11-15)23(28)29/h2-12H,1H3,(H,28,29). The third-order valence-electron chi connectivity index (χ3n) is 4.86. The number of fused-ring (bicyclic) bond motifs is 1. The van der Waals surface area contributed by atoms with Crippen LogP contribution in [-0.4, -0.2) is 21.4 Å². The highest BCUT2D eigenvalue weighted by Gasteiger charge is 2.22. The number of hydrogen-bond acceptors (Lipinski definition) is 2. The average Bonchev–Trinajstić information content (AvgIpc) is 3.09. The lowest BCUT2D eigenvalue weighted by Gasteiger charge is -2.06. The summed E-state index contributed by atoms with van der Waals surface area (Å²) in [7, 11) is 0. The first kappa shape index (κ1) is 18.9. The first-order chi connectivity index (χ1) is 13.9. The number of nitrogens with zero attached hydrogens (tertiary/aromatic N) is 1. The molecule has 4 rings (SSSR count). The molecular formula is C23H15ClFNO3. The minimum absolute atomic E-state index is 0.119. The normalized spacial score (nSPS) is 11.0. The van der Waals surface area contributed by atoms with Crippen LogP contribution in [0.15, 0.2) is 66.9 Å². The van der Waals surface area contributed by atoms with E-state index in [0.29, 0.717) is 27.2 Å². The van der Waals surface area contributed by atoms with E-state index in [2.05, 4.69) is 0 Å². The average molecular weight is 408 g/mol. The molecule has 0 aliphatic carbocycles. The van der Waals surface area contributed by atoms with Crippen molar-refractivity contribution in [2.75, 3.05) is 0 Å². The van der Waals surface area contributed by atoms with Crippen molar-refractivity contribution >= 4 is 34.3 Å². The second kappa shape index (κ2) is 7.18. The number of carbonyl (C=O) groups excluding carboxylic acids is 1. The number of carbonyl (C=O) groups is 2. The number of carboxylic acid groups (broad SMARTS) is 1. The van der Waals surface area contributed by atoms with Crippen molar-refractivity contribution in [1.29, 1.82) is 0 Å². The highest BCUT2D eigenvalue weighted by Crippen LogP contribution is 2.31. The lowest BCUT2D eigenvalue weighted by molar-refractivity contribution is 0.0696. The van der Waals surface area contributed by atoms with E-state index in [0.717, 1.165) is 5.56 Å². The molecule has 0 saturated heterocycles. The topological polar surface area (TPSA) is 59.3 Å². The lowest BCUT2D eigenvalue weighted by Crippen LogP contribution is -2.04. The smallest absolute Gasteiger partial charge is 0.335 e. The Morgan fingerprint density at radius 1 is 1.00 bits per heavy atom. The van der Waals surface area contributed by atoms with Gasteiger partial charge in [-0.2, -0.15) is 0 Å². The van der Waals surface area contributed by atoms with Crippen molar-refractivity contribution in [3.8, 4) is 5.69 Å². The second-order valence-corrected chi connectivity index (χ2v) is 7.07. The molecule has 1 aromatic heterocycles. The molecule has 0 fully saturated rings. The Morgan fingerprint density at radius 3 is 2.34 bits per heavy atom. The third kappa shape index (κ3) is 3.19. The molecule has 144 valence electrons. The zero-order valence-electron chi connectivity index (χ0n) is 15.3. The summed E-state index contributed by atoms with van der Waals surface area (Å²) in [5.41, 5.74) is 2.32. The van der Waals surface area contributed by atoms with Crippen LogP contribution in [0.25, 0.3) is 16.6 Å². The zero-order chi connectivity index (χ0) is 20.7. The molecule has 1 heterocycles. The van der Waals surface area contributed by atoms with Crippen LogP contribution in [0, 0.1) is 12.7 Å². The summed E-state index contributed by atoms with van der Waals surface area (Å²) >= 11 is 6.27. The van der Waals surface area contributed by atoms with Gasteiger partial charge in [-0.1, -0.05) is 35.9 Å². The molecule has 0 bridgehead atoms. The summed E-state index contributed by atoms with van der Waals surface area (Å²) in [5, 5.41) is 9.88. The molecule has 0 aliphatic heterocycles. The number of halogens is 2. The first-order valence-electron chi connectivity index (χ1n) is 8.81. The van der Waals surface area contributed by atoms with Gasteiger partial charge in [-0.25, -0.2) is 9.18 Å². The quantitative estimate of drug-likeness (QED) is 0.444. The Hall–Kier alpha value is -3.44. The van der Waals surface area contributed by atoms with Crippen LogP contribution < -0.4 is 0 Å². The number of rotatable bonds is 4. The van der Waals surface area contributed by atoms with Crippen LogP contribution in [0.3, 0.4) is 0 Å². The van der Waals surface area contributed by atoms with E-state index in [1.54, 1.807) is 60.2 Å². The molecule has 0 spiro atoms. The molecule has 6 heteroatoms. The Bertz CT molecular complexity index is 1260. The fraction of sp³-hybridized carbons (Fsp3) is 0.0435. The molecule has 4 aromatic rings. The summed E-state index contributed by atoms with van der Waals surface area (Å²) < 4.78 is 16.3. The predicted molar refractivity (Wildman–Crippen MR) is 110 cm³/mol. The largest absolute Gasteiger partial charge is 0.478 e. The van der Waals surface area contributed by atoms with Gasteiger partial charge in [0.25, 0.3) is 0 Å². The molecule has 4 nitrogen and oxygen atoms in total. The van der Waals surface area contributed by atoms with Crippen LogP contribution in [0.5, 0.6) is 0 Å². The lowest BCUT2D eigenvalue weighted by atomic mass is 9.98. The van der Waals surface area contributed by atoms with Crippen LogP contribution in [-0.2, 0) is 0 Å². The van der Waals surface area contributed by atoms with Gasteiger partial charge in [0.05, 0.1) is 16.1 Å². The number of hydrogen-bond donors (Lipinski definition) is 1. The Morgan fingerprint density at radius 2 is 1.69 bits per heavy atom. The minimum Gasteiger partial charge on any atom is -0.478 e. The minimum atomic E-state index is -1.05. The van der Waals surface area contributed by atoms with Gasteiger partial charge in [-0.3, -0.25) is 4.79 Å². The van der Waals surface area contributed by atoms with Gasteiger partial charge in [-0.05, 0) is 48.9 Å². The number of aryl methyl sites for hydroxylation is 1. The van der Waals surface area contributed by atoms with Crippen molar-refractivity contribution < 1.29 is 19.1 Å². The molecule has 1 N–H and O–H groups in total. The molecule has 0 radical (unpaired) electrons. The van der Waals surface area contributed by atoms with Crippen molar-refractivity contribution in [3.63, 3.8) is 0 Å². The van der Waals surface area contributed by atoms with Gasteiger partial charge in [0.2, 0.25) is 0 Å². The number of para-hydroxylation sites is 1. The SMILES string of the molecule is Cc1cccc(Cl)c1C(=O)c1cn(-c2ccc(C(=O)O)cc2)c2c(F)cccc12. The first-order valence-corrected chi connectivity index (χ1v) is 9.19. The van der Waals surface area contributed by atoms with E-state index >= 15 is 0 Å². The highest BCUT2D eigenvalue weighted by atomic mass is 35.5. The molecule has 0 saturated carbocycles. The predicted octanol–water partition coefficient (Wildman–Crippen LogP) is 5.66. The van der Waals surface area contributed by atoms with E-state index in [-0.39, 0.29) is 16.9 Å². The van der Waals surface area contributed by atoms with Crippen molar-refractivity contribution in [2.24, 2.45) is 0 Å². The number of aromatic carboxylic acids is 1. The molecule has 0 unspecified atom stereocenters. The fourth-order valence-corrected chi connectivity index (χ4v) is 3.75. The summed E-state index contributed by atoms with van der Waals surface area (Å²) in [5.74, 6) is -1.84. The van der Waals surface area contributed by atoms with E-state index < -0.39 is 11.8 Å². The maximum atomic E-state index is 14.7. The number of aromatic nitrogens is 1. The van der Waals surface area contributed by atoms with Crippen LogP contribution >= 0.6 is 11.6 Å². The molecule has 0 atom stereocenters. The van der Waals surface area contributed by atoms with Gasteiger partial charge in [-0.15, -0.1) is 0 Å². The van der Waals surface area contributed by atoms with Crippen LogP contribution in [0.1, 0.15) is 31.8 Å². The van der Waals surface area contributed by atoms with Gasteiger partial charge in [0, 0.05) is 28.4 Å². The monoisotopic (exact) mass is 407 g/mol. The highest BCUT2D eigenvalue weighted by molar-refractivity contribution is 6.35. The fourth-order valence-electron chi connectivity index (χ4n) is 3.44. The summed E-state index contributed by atoms with van der Waals surface area (Å²) in [6.07, 6.45) is 1.56. The second-order valence-electron chi connectivity index (χ2n) is 6.66. The summed E-state index contributed by atoms with van der Waals surface area (Å²) in [6.45, 7) is 1.80.